The number of hydrogen-bond donors (Lipinski definition) is 0. The molecule has 20 heavy (non-hydrogen) atoms. The molecular weight excluding hydrogens is 258 g/mol. The number of ether oxygens (including phenoxy) is 2. The average molecular weight is 273 g/mol. The first-order valence-electron chi connectivity index (χ1n) is 5.91. The molecule has 0 bridgehead atoms. The summed E-state index contributed by atoms with van der Waals surface area (Å²) < 4.78 is 10.5. The molecule has 0 N–H and O–H groups in total. The Morgan fingerprint density at radius 2 is 1.90 bits per heavy atom. The number of carbonyl (C=O) groups excluding carboxylic acids is 1. The monoisotopic (exact) mass is 273 g/mol. The quantitative estimate of drug-likeness (QED) is 0.728. The van der Waals surface area contributed by atoms with E-state index in [2.05, 4.69) is 0 Å². The molecule has 0 unspecified atom stereocenters. The number of benzene rings is 1. The molecule has 0 saturated heterocycles. The van der Waals surface area contributed by atoms with Crippen LogP contribution in [0.3, 0.4) is 0 Å². The fourth-order valence-corrected chi connectivity index (χ4v) is 1.53. The Morgan fingerprint density at radius 3 is 2.45 bits per heavy atom. The van der Waals surface area contributed by atoms with Gasteiger partial charge in [-0.3, -0.25) is 4.79 Å². The predicted molar refractivity (Wildman–Crippen MR) is 71.0 cm³/mol. The van der Waals surface area contributed by atoms with Crippen LogP contribution in [0.15, 0.2) is 18.2 Å². The zero-order valence-corrected chi connectivity index (χ0v) is 11.4. The van der Waals surface area contributed by atoms with Crippen molar-refractivity contribution >= 4 is 5.91 Å². The van der Waals surface area contributed by atoms with Crippen LogP contribution in [0.5, 0.6) is 11.5 Å². The zero-order valence-electron chi connectivity index (χ0n) is 11.4. The summed E-state index contributed by atoms with van der Waals surface area (Å²) in [5, 5.41) is 17.2. The maximum atomic E-state index is 11.8. The molecule has 1 aromatic carbocycles. The van der Waals surface area contributed by atoms with Gasteiger partial charge in [0.1, 0.15) is 13.1 Å². The lowest BCUT2D eigenvalue weighted by molar-refractivity contribution is -0.132. The molecule has 0 aliphatic heterocycles. The standard InChI is InChI=1S/C14H15N3O3/c1-11-3-4-12(13(9-11)19-2)20-10-14(18)17(7-5-15)8-6-16/h3-4,9H,7-8,10H2,1-2H3. The van der Waals surface area contributed by atoms with Crippen molar-refractivity contribution in [2.24, 2.45) is 0 Å². The lowest BCUT2D eigenvalue weighted by Gasteiger charge is -2.17. The third-order valence-corrected chi connectivity index (χ3v) is 2.55. The number of carbonyl (C=O) groups is 1. The Labute approximate surface area is 117 Å². The maximum Gasteiger partial charge on any atom is 0.262 e. The van der Waals surface area contributed by atoms with Gasteiger partial charge in [0.15, 0.2) is 18.1 Å². The summed E-state index contributed by atoms with van der Waals surface area (Å²) in [7, 11) is 1.52. The van der Waals surface area contributed by atoms with E-state index in [1.807, 2.05) is 25.1 Å². The molecule has 0 saturated carbocycles. The van der Waals surface area contributed by atoms with Crippen molar-refractivity contribution in [3.63, 3.8) is 0 Å². The van der Waals surface area contributed by atoms with Gasteiger partial charge in [-0.25, -0.2) is 0 Å². The van der Waals surface area contributed by atoms with Crippen molar-refractivity contribution in [3.8, 4) is 23.6 Å². The normalized spacial score (nSPS) is 9.20. The minimum absolute atomic E-state index is 0.138. The number of aryl methyl sites for hydroxylation is 1. The van der Waals surface area contributed by atoms with Crippen molar-refractivity contribution in [1.29, 1.82) is 10.5 Å². The summed E-state index contributed by atoms with van der Waals surface area (Å²) in [5.41, 5.74) is 1.01. The van der Waals surface area contributed by atoms with Crippen LogP contribution in [0, 0.1) is 29.6 Å². The first-order chi connectivity index (χ1) is 9.62. The highest BCUT2D eigenvalue weighted by molar-refractivity contribution is 5.78. The molecule has 0 aliphatic carbocycles. The van der Waals surface area contributed by atoms with Crippen molar-refractivity contribution in [2.45, 2.75) is 6.92 Å². The van der Waals surface area contributed by atoms with Gasteiger partial charge in [-0.1, -0.05) is 6.07 Å². The summed E-state index contributed by atoms with van der Waals surface area (Å²) in [4.78, 5) is 12.9. The van der Waals surface area contributed by atoms with E-state index in [9.17, 15) is 4.79 Å². The number of rotatable bonds is 6. The SMILES string of the molecule is COc1cc(C)ccc1OCC(=O)N(CC#N)CC#N. The second-order valence-electron chi connectivity index (χ2n) is 4.01. The molecule has 6 nitrogen and oxygen atoms in total. The predicted octanol–water partition coefficient (Wildman–Crippen LogP) is 1.26. The molecule has 0 heterocycles. The summed E-state index contributed by atoms with van der Waals surface area (Å²) in [5.74, 6) is 0.556. The highest BCUT2D eigenvalue weighted by atomic mass is 16.5. The van der Waals surface area contributed by atoms with Crippen LogP contribution in [0.1, 0.15) is 5.56 Å². The van der Waals surface area contributed by atoms with Crippen LogP contribution in [0.4, 0.5) is 0 Å². The van der Waals surface area contributed by atoms with E-state index in [1.165, 1.54) is 7.11 Å². The minimum Gasteiger partial charge on any atom is -0.493 e. The highest BCUT2D eigenvalue weighted by Gasteiger charge is 2.14. The number of methoxy groups -OCH3 is 1. The first-order valence-corrected chi connectivity index (χ1v) is 5.91. The van der Waals surface area contributed by atoms with E-state index in [0.717, 1.165) is 10.5 Å². The highest BCUT2D eigenvalue weighted by Crippen LogP contribution is 2.27. The van der Waals surface area contributed by atoms with Gasteiger partial charge in [-0.15, -0.1) is 0 Å². The largest absolute Gasteiger partial charge is 0.493 e. The molecule has 0 spiro atoms. The Kier molecular flexibility index (Phi) is 5.86. The van der Waals surface area contributed by atoms with Crippen LogP contribution >= 0.6 is 0 Å². The number of nitriles is 2. The van der Waals surface area contributed by atoms with Gasteiger partial charge in [0.2, 0.25) is 0 Å². The average Bonchev–Trinajstić information content (AvgIpc) is 2.45. The van der Waals surface area contributed by atoms with Crippen LogP contribution in [-0.4, -0.2) is 37.6 Å². The third kappa shape index (κ3) is 4.18. The van der Waals surface area contributed by atoms with Gasteiger partial charge in [-0.05, 0) is 24.6 Å². The number of amides is 1. The van der Waals surface area contributed by atoms with E-state index in [0.29, 0.717) is 11.5 Å². The molecule has 6 heteroatoms. The minimum atomic E-state index is -0.421. The fraction of sp³-hybridized carbons (Fsp3) is 0.357. The Hall–Kier alpha value is -2.73. The van der Waals surface area contributed by atoms with Crippen LogP contribution in [0.2, 0.25) is 0 Å². The van der Waals surface area contributed by atoms with E-state index in [4.69, 9.17) is 20.0 Å². The number of hydrogen-bond acceptors (Lipinski definition) is 5. The van der Waals surface area contributed by atoms with Crippen molar-refractivity contribution in [3.05, 3.63) is 23.8 Å². The molecule has 1 amide bonds. The topological polar surface area (TPSA) is 86.3 Å². The molecule has 0 atom stereocenters. The summed E-state index contributed by atoms with van der Waals surface area (Å²) >= 11 is 0. The van der Waals surface area contributed by atoms with Gasteiger partial charge in [-0.2, -0.15) is 10.5 Å². The number of nitrogens with zero attached hydrogens (tertiary/aromatic N) is 3. The Balaban J connectivity index is 2.69. The summed E-state index contributed by atoms with van der Waals surface area (Å²) in [6.45, 7) is 1.39. The molecule has 1 rings (SSSR count). The molecule has 0 aliphatic rings. The van der Waals surface area contributed by atoms with E-state index in [1.54, 1.807) is 12.1 Å². The van der Waals surface area contributed by atoms with Gasteiger partial charge in [0.05, 0.1) is 19.2 Å². The van der Waals surface area contributed by atoms with Gasteiger partial charge in [0, 0.05) is 0 Å². The van der Waals surface area contributed by atoms with Crippen molar-refractivity contribution in [2.75, 3.05) is 26.8 Å². The first kappa shape index (κ1) is 15.3. The van der Waals surface area contributed by atoms with Crippen LogP contribution in [-0.2, 0) is 4.79 Å². The van der Waals surface area contributed by atoms with Gasteiger partial charge >= 0.3 is 0 Å². The summed E-state index contributed by atoms with van der Waals surface area (Å²) in [6.07, 6.45) is 0. The summed E-state index contributed by atoms with van der Waals surface area (Å²) in [6, 6.07) is 9.01. The van der Waals surface area contributed by atoms with Gasteiger partial charge in [0.25, 0.3) is 5.91 Å². The molecule has 0 fully saturated rings. The molecule has 0 aromatic heterocycles. The van der Waals surface area contributed by atoms with E-state index in [-0.39, 0.29) is 19.7 Å². The van der Waals surface area contributed by atoms with Crippen LogP contribution < -0.4 is 9.47 Å². The molecule has 0 radical (unpaired) electrons. The molecule has 1 aromatic rings. The second kappa shape index (κ2) is 7.65. The third-order valence-electron chi connectivity index (χ3n) is 2.55. The van der Waals surface area contributed by atoms with Crippen molar-refractivity contribution in [1.82, 2.24) is 4.90 Å². The maximum absolute atomic E-state index is 11.8. The smallest absolute Gasteiger partial charge is 0.262 e. The lowest BCUT2D eigenvalue weighted by atomic mass is 10.2. The lowest BCUT2D eigenvalue weighted by Crippen LogP contribution is -2.35. The molecular formula is C14H15N3O3. The Bertz CT molecular complexity index is 542. The van der Waals surface area contributed by atoms with Crippen LogP contribution in [0.25, 0.3) is 0 Å². The van der Waals surface area contributed by atoms with Gasteiger partial charge < -0.3 is 14.4 Å². The van der Waals surface area contributed by atoms with Crippen molar-refractivity contribution < 1.29 is 14.3 Å². The van der Waals surface area contributed by atoms with E-state index >= 15 is 0 Å². The zero-order chi connectivity index (χ0) is 15.0. The van der Waals surface area contributed by atoms with E-state index < -0.39 is 5.91 Å². The molecule has 104 valence electrons. The second-order valence-corrected chi connectivity index (χ2v) is 4.01. The fourth-order valence-electron chi connectivity index (χ4n) is 1.53. The Morgan fingerprint density at radius 1 is 1.25 bits per heavy atom.